The number of nitriles is 1. The Morgan fingerprint density at radius 1 is 1.10 bits per heavy atom. The van der Waals surface area contributed by atoms with Gasteiger partial charge in [-0.05, 0) is 30.3 Å². The van der Waals surface area contributed by atoms with Gasteiger partial charge in [0.1, 0.15) is 0 Å². The van der Waals surface area contributed by atoms with Crippen LogP contribution in [0.3, 0.4) is 0 Å². The van der Waals surface area contributed by atoms with Gasteiger partial charge >= 0.3 is 0 Å². The van der Waals surface area contributed by atoms with E-state index >= 15 is 0 Å². The summed E-state index contributed by atoms with van der Waals surface area (Å²) in [6.45, 7) is 0. The van der Waals surface area contributed by atoms with Gasteiger partial charge in [-0.3, -0.25) is 4.79 Å². The fourth-order valence-electron chi connectivity index (χ4n) is 2.18. The molecule has 102 valence electrons. The highest BCUT2D eigenvalue weighted by Gasteiger charge is 2.15. The number of nitrogens with zero attached hydrogens (tertiary/aromatic N) is 1. The molecule has 0 aliphatic carbocycles. The summed E-state index contributed by atoms with van der Waals surface area (Å²) in [4.78, 5) is 15.6. The highest BCUT2D eigenvalue weighted by atomic mass is 35.5. The van der Waals surface area contributed by atoms with Crippen molar-refractivity contribution in [3.63, 3.8) is 0 Å². The van der Waals surface area contributed by atoms with E-state index in [0.29, 0.717) is 26.7 Å². The Kier molecular flexibility index (Phi) is 3.42. The van der Waals surface area contributed by atoms with Crippen LogP contribution < -0.4 is 0 Å². The molecule has 0 radical (unpaired) electrons. The van der Waals surface area contributed by atoms with Crippen LogP contribution in [0.1, 0.15) is 21.5 Å². The average Bonchev–Trinajstić information content (AvgIpc) is 2.92. The van der Waals surface area contributed by atoms with E-state index in [1.807, 2.05) is 0 Å². The van der Waals surface area contributed by atoms with Crippen molar-refractivity contribution in [1.29, 1.82) is 5.26 Å². The van der Waals surface area contributed by atoms with Crippen LogP contribution in [0.15, 0.2) is 42.6 Å². The zero-order chi connectivity index (χ0) is 15.0. The molecule has 0 aliphatic heterocycles. The molecule has 5 heteroatoms. The lowest BCUT2D eigenvalue weighted by Gasteiger charge is -2.02. The van der Waals surface area contributed by atoms with Crippen LogP contribution in [-0.2, 0) is 0 Å². The lowest BCUT2D eigenvalue weighted by atomic mass is 10.0. The van der Waals surface area contributed by atoms with Crippen LogP contribution in [0.25, 0.3) is 10.9 Å². The highest BCUT2D eigenvalue weighted by molar-refractivity contribution is 6.42. The molecule has 3 rings (SSSR count). The standard InChI is InChI=1S/C16H8Cl2N2O/c17-13-4-2-10(6-14(13)18)16(21)12-8-20-15-5-9(7-19)1-3-11(12)15/h1-6,8,20H. The van der Waals surface area contributed by atoms with Crippen molar-refractivity contribution in [2.75, 3.05) is 0 Å². The SMILES string of the molecule is N#Cc1ccc2c(C(=O)c3ccc(Cl)c(Cl)c3)c[nH]c2c1. The van der Waals surface area contributed by atoms with Crippen LogP contribution in [0, 0.1) is 11.3 Å². The molecule has 1 heterocycles. The molecule has 0 spiro atoms. The molecule has 21 heavy (non-hydrogen) atoms. The molecule has 0 saturated carbocycles. The van der Waals surface area contributed by atoms with Gasteiger partial charge in [-0.15, -0.1) is 0 Å². The number of aromatic nitrogens is 1. The average molecular weight is 315 g/mol. The second kappa shape index (κ2) is 5.25. The van der Waals surface area contributed by atoms with Gasteiger partial charge in [0, 0.05) is 28.2 Å². The van der Waals surface area contributed by atoms with Crippen LogP contribution in [0.5, 0.6) is 0 Å². The zero-order valence-corrected chi connectivity index (χ0v) is 12.2. The van der Waals surface area contributed by atoms with E-state index in [-0.39, 0.29) is 5.78 Å². The molecule has 0 saturated heterocycles. The number of halogens is 2. The van der Waals surface area contributed by atoms with Crippen LogP contribution >= 0.6 is 23.2 Å². The van der Waals surface area contributed by atoms with Gasteiger partial charge in [0.15, 0.2) is 5.78 Å². The van der Waals surface area contributed by atoms with E-state index in [0.717, 1.165) is 10.9 Å². The summed E-state index contributed by atoms with van der Waals surface area (Å²) in [7, 11) is 0. The first-order valence-corrected chi connectivity index (χ1v) is 6.87. The van der Waals surface area contributed by atoms with Crippen LogP contribution in [0.2, 0.25) is 10.0 Å². The first-order chi connectivity index (χ1) is 10.1. The normalized spacial score (nSPS) is 10.5. The number of hydrogen-bond acceptors (Lipinski definition) is 2. The van der Waals surface area contributed by atoms with Crippen molar-refractivity contribution >= 4 is 39.9 Å². The van der Waals surface area contributed by atoms with E-state index in [2.05, 4.69) is 11.1 Å². The Balaban J connectivity index is 2.09. The first-order valence-electron chi connectivity index (χ1n) is 6.11. The van der Waals surface area contributed by atoms with Gasteiger partial charge in [0.2, 0.25) is 0 Å². The Hall–Kier alpha value is -2.28. The molecule has 0 fully saturated rings. The number of nitrogens with one attached hydrogen (secondary N) is 1. The second-order valence-corrected chi connectivity index (χ2v) is 5.35. The molecular weight excluding hydrogens is 307 g/mol. The third kappa shape index (κ3) is 2.40. The molecule has 0 atom stereocenters. The van der Waals surface area contributed by atoms with Crippen molar-refractivity contribution in [2.45, 2.75) is 0 Å². The topological polar surface area (TPSA) is 56.6 Å². The lowest BCUT2D eigenvalue weighted by Crippen LogP contribution is -2.00. The number of ketones is 1. The van der Waals surface area contributed by atoms with Crippen LogP contribution in [0.4, 0.5) is 0 Å². The minimum Gasteiger partial charge on any atom is -0.360 e. The van der Waals surface area contributed by atoms with Crippen molar-refractivity contribution in [1.82, 2.24) is 4.98 Å². The van der Waals surface area contributed by atoms with Gasteiger partial charge in [-0.2, -0.15) is 5.26 Å². The number of fused-ring (bicyclic) bond motifs is 1. The fraction of sp³-hybridized carbons (Fsp3) is 0. The van der Waals surface area contributed by atoms with E-state index < -0.39 is 0 Å². The molecule has 1 N–H and O–H groups in total. The van der Waals surface area contributed by atoms with Gasteiger partial charge in [-0.25, -0.2) is 0 Å². The molecule has 0 unspecified atom stereocenters. The number of rotatable bonds is 2. The quantitative estimate of drug-likeness (QED) is 0.704. The van der Waals surface area contributed by atoms with Gasteiger partial charge in [-0.1, -0.05) is 29.3 Å². The maximum Gasteiger partial charge on any atom is 0.195 e. The Morgan fingerprint density at radius 3 is 2.62 bits per heavy atom. The molecule has 0 bridgehead atoms. The number of carbonyl (C=O) groups excluding carboxylic acids is 1. The summed E-state index contributed by atoms with van der Waals surface area (Å²) in [5.41, 5.74) is 2.29. The number of carbonyl (C=O) groups is 1. The first kappa shape index (κ1) is 13.7. The fourth-order valence-corrected chi connectivity index (χ4v) is 2.47. The molecule has 3 aromatic rings. The maximum absolute atomic E-state index is 12.6. The van der Waals surface area contributed by atoms with E-state index in [1.54, 1.807) is 42.6 Å². The number of aromatic amines is 1. The number of H-pyrrole nitrogens is 1. The monoisotopic (exact) mass is 314 g/mol. The summed E-state index contributed by atoms with van der Waals surface area (Å²) in [6.07, 6.45) is 1.64. The highest BCUT2D eigenvalue weighted by Crippen LogP contribution is 2.26. The number of hydrogen-bond donors (Lipinski definition) is 1. The molecule has 2 aromatic carbocycles. The Morgan fingerprint density at radius 2 is 1.90 bits per heavy atom. The molecule has 3 nitrogen and oxygen atoms in total. The summed E-state index contributed by atoms with van der Waals surface area (Å²) >= 11 is 11.8. The van der Waals surface area contributed by atoms with Gasteiger partial charge in [0.05, 0.1) is 21.7 Å². The largest absolute Gasteiger partial charge is 0.360 e. The predicted molar refractivity (Wildman–Crippen MR) is 82.9 cm³/mol. The van der Waals surface area contributed by atoms with Crippen molar-refractivity contribution in [3.05, 3.63) is 69.3 Å². The third-order valence-electron chi connectivity index (χ3n) is 3.24. The second-order valence-electron chi connectivity index (χ2n) is 4.53. The smallest absolute Gasteiger partial charge is 0.195 e. The number of benzene rings is 2. The van der Waals surface area contributed by atoms with E-state index in [9.17, 15) is 4.79 Å². The van der Waals surface area contributed by atoms with E-state index in [4.69, 9.17) is 28.5 Å². The van der Waals surface area contributed by atoms with Crippen molar-refractivity contribution in [3.8, 4) is 6.07 Å². The van der Waals surface area contributed by atoms with Gasteiger partial charge < -0.3 is 4.98 Å². The minimum absolute atomic E-state index is 0.149. The Labute approximate surface area is 130 Å². The summed E-state index contributed by atoms with van der Waals surface area (Å²) in [5.74, 6) is -0.149. The minimum atomic E-state index is -0.149. The summed E-state index contributed by atoms with van der Waals surface area (Å²) in [5, 5.41) is 10.4. The predicted octanol–water partition coefficient (Wildman–Crippen LogP) is 4.58. The summed E-state index contributed by atoms with van der Waals surface area (Å²) in [6, 6.07) is 12.0. The molecule has 1 aromatic heterocycles. The van der Waals surface area contributed by atoms with E-state index in [1.165, 1.54) is 0 Å². The molecular formula is C16H8Cl2N2O. The zero-order valence-electron chi connectivity index (χ0n) is 10.7. The van der Waals surface area contributed by atoms with Crippen molar-refractivity contribution in [2.24, 2.45) is 0 Å². The van der Waals surface area contributed by atoms with Crippen LogP contribution in [-0.4, -0.2) is 10.8 Å². The lowest BCUT2D eigenvalue weighted by molar-refractivity contribution is 0.104. The summed E-state index contributed by atoms with van der Waals surface area (Å²) < 4.78 is 0. The molecule has 0 amide bonds. The molecule has 0 aliphatic rings. The third-order valence-corrected chi connectivity index (χ3v) is 3.98. The Bertz CT molecular complexity index is 906. The maximum atomic E-state index is 12.6. The van der Waals surface area contributed by atoms with Crippen molar-refractivity contribution < 1.29 is 4.79 Å². The van der Waals surface area contributed by atoms with Gasteiger partial charge in [0.25, 0.3) is 0 Å².